The van der Waals surface area contributed by atoms with Gasteiger partial charge in [-0.1, -0.05) is 15.9 Å². The number of carbonyl (C=O) groups excluding carboxylic acids is 3. The normalized spacial score (nSPS) is 19.0. The number of hydrogen-bond donors (Lipinski definition) is 2. The van der Waals surface area contributed by atoms with Crippen LogP contribution in [0.15, 0.2) is 53.0 Å². The van der Waals surface area contributed by atoms with Crippen molar-refractivity contribution in [2.75, 3.05) is 56.0 Å². The smallest absolute Gasteiger partial charge is 0.243 e. The molecule has 0 saturated carbocycles. The number of anilines is 2. The SMILES string of the molecule is O=C(C[C@H]1C(=O)NCCN1C(=O)CN1CCN(c2ccc(F)cc2)CC1)Nc1ccc(Br)cc1. The second kappa shape index (κ2) is 11.0. The van der Waals surface area contributed by atoms with Gasteiger partial charge in [0.15, 0.2) is 0 Å². The Morgan fingerprint density at radius 3 is 2.35 bits per heavy atom. The van der Waals surface area contributed by atoms with E-state index in [2.05, 4.69) is 31.5 Å². The van der Waals surface area contributed by atoms with Crippen molar-refractivity contribution >= 4 is 45.0 Å². The molecule has 2 aliphatic heterocycles. The van der Waals surface area contributed by atoms with Crippen molar-refractivity contribution in [3.05, 3.63) is 58.8 Å². The Labute approximate surface area is 206 Å². The van der Waals surface area contributed by atoms with Crippen molar-refractivity contribution in [1.29, 1.82) is 0 Å². The summed E-state index contributed by atoms with van der Waals surface area (Å²) in [7, 11) is 0. The van der Waals surface area contributed by atoms with Crippen LogP contribution in [0.2, 0.25) is 0 Å². The van der Waals surface area contributed by atoms with Gasteiger partial charge in [0.05, 0.1) is 13.0 Å². The molecule has 2 aromatic rings. The Hall–Kier alpha value is -2.98. The van der Waals surface area contributed by atoms with Crippen LogP contribution < -0.4 is 15.5 Å². The quantitative estimate of drug-likeness (QED) is 0.596. The summed E-state index contributed by atoms with van der Waals surface area (Å²) in [5.41, 5.74) is 1.58. The highest BCUT2D eigenvalue weighted by molar-refractivity contribution is 9.10. The molecular weight excluding hydrogens is 505 g/mol. The molecule has 0 unspecified atom stereocenters. The molecule has 1 atom stereocenters. The summed E-state index contributed by atoms with van der Waals surface area (Å²) < 4.78 is 14.1. The topological polar surface area (TPSA) is 85.0 Å². The van der Waals surface area contributed by atoms with Crippen molar-refractivity contribution in [1.82, 2.24) is 15.1 Å². The Balaban J connectivity index is 1.31. The zero-order valence-corrected chi connectivity index (χ0v) is 20.3. The van der Waals surface area contributed by atoms with Gasteiger partial charge >= 0.3 is 0 Å². The van der Waals surface area contributed by atoms with E-state index in [1.807, 2.05) is 17.0 Å². The highest BCUT2D eigenvalue weighted by Gasteiger charge is 2.35. The number of amides is 3. The van der Waals surface area contributed by atoms with Crippen molar-refractivity contribution in [3.63, 3.8) is 0 Å². The lowest BCUT2D eigenvalue weighted by molar-refractivity contribution is -0.145. The molecule has 4 rings (SSSR count). The number of nitrogens with zero attached hydrogens (tertiary/aromatic N) is 3. The monoisotopic (exact) mass is 531 g/mol. The third-order valence-electron chi connectivity index (χ3n) is 6.08. The molecule has 2 aliphatic rings. The highest BCUT2D eigenvalue weighted by atomic mass is 79.9. The number of carbonyl (C=O) groups is 3. The van der Waals surface area contributed by atoms with Gasteiger partial charge in [-0.3, -0.25) is 19.3 Å². The van der Waals surface area contributed by atoms with Gasteiger partial charge < -0.3 is 20.4 Å². The summed E-state index contributed by atoms with van der Waals surface area (Å²) >= 11 is 3.35. The first-order chi connectivity index (χ1) is 16.4. The van der Waals surface area contributed by atoms with Gasteiger partial charge in [-0.2, -0.15) is 0 Å². The van der Waals surface area contributed by atoms with E-state index in [1.54, 1.807) is 24.3 Å². The van der Waals surface area contributed by atoms with Crippen LogP contribution >= 0.6 is 15.9 Å². The number of hydrogen-bond acceptors (Lipinski definition) is 5. The molecule has 8 nitrogen and oxygen atoms in total. The number of benzene rings is 2. The van der Waals surface area contributed by atoms with Gasteiger partial charge in [0.1, 0.15) is 11.9 Å². The molecule has 0 spiro atoms. The van der Waals surface area contributed by atoms with Crippen LogP contribution in [-0.2, 0) is 14.4 Å². The van der Waals surface area contributed by atoms with Gasteiger partial charge in [-0.15, -0.1) is 0 Å². The largest absolute Gasteiger partial charge is 0.369 e. The maximum atomic E-state index is 13.2. The fourth-order valence-corrected chi connectivity index (χ4v) is 4.50. The molecule has 2 N–H and O–H groups in total. The van der Waals surface area contributed by atoms with E-state index in [0.717, 1.165) is 23.2 Å². The Morgan fingerprint density at radius 1 is 1.00 bits per heavy atom. The molecule has 34 heavy (non-hydrogen) atoms. The molecule has 2 heterocycles. The first-order valence-electron chi connectivity index (χ1n) is 11.2. The van der Waals surface area contributed by atoms with Gasteiger partial charge in [0.25, 0.3) is 0 Å². The minimum Gasteiger partial charge on any atom is -0.369 e. The summed E-state index contributed by atoms with van der Waals surface area (Å²) in [6, 6.07) is 12.7. The number of rotatable bonds is 6. The number of halogens is 2. The van der Waals surface area contributed by atoms with Gasteiger partial charge in [-0.25, -0.2) is 4.39 Å². The molecule has 3 amide bonds. The second-order valence-electron chi connectivity index (χ2n) is 8.39. The minimum atomic E-state index is -0.836. The Bertz CT molecular complexity index is 1030. The maximum absolute atomic E-state index is 13.2. The van der Waals surface area contributed by atoms with E-state index in [-0.39, 0.29) is 36.5 Å². The summed E-state index contributed by atoms with van der Waals surface area (Å²) in [6.45, 7) is 3.73. The zero-order chi connectivity index (χ0) is 24.1. The Morgan fingerprint density at radius 2 is 1.68 bits per heavy atom. The molecule has 2 saturated heterocycles. The van der Waals surface area contributed by atoms with E-state index in [0.29, 0.717) is 31.9 Å². The van der Waals surface area contributed by atoms with Crippen LogP contribution in [0.1, 0.15) is 6.42 Å². The number of nitrogens with one attached hydrogen (secondary N) is 2. The van der Waals surface area contributed by atoms with E-state index < -0.39 is 6.04 Å². The molecule has 10 heteroatoms. The van der Waals surface area contributed by atoms with Gasteiger partial charge in [0, 0.05) is 55.1 Å². The molecule has 180 valence electrons. The first-order valence-corrected chi connectivity index (χ1v) is 12.0. The molecule has 0 aliphatic carbocycles. The average Bonchev–Trinajstić information content (AvgIpc) is 2.83. The predicted octanol–water partition coefficient (Wildman–Crippen LogP) is 2.07. The molecule has 0 radical (unpaired) electrons. The van der Waals surface area contributed by atoms with E-state index in [9.17, 15) is 18.8 Å². The Kier molecular flexibility index (Phi) is 7.79. The lowest BCUT2D eigenvalue weighted by atomic mass is 10.1. The maximum Gasteiger partial charge on any atom is 0.243 e. The lowest BCUT2D eigenvalue weighted by Crippen LogP contribution is -2.60. The van der Waals surface area contributed by atoms with Crippen LogP contribution in [0.4, 0.5) is 15.8 Å². The van der Waals surface area contributed by atoms with Crippen LogP contribution in [0.5, 0.6) is 0 Å². The third-order valence-corrected chi connectivity index (χ3v) is 6.61. The number of piperazine rings is 2. The average molecular weight is 532 g/mol. The standard InChI is InChI=1S/C24H27BrFN5O3/c25-17-1-5-19(6-2-17)28-22(32)15-21-24(34)27-9-10-31(21)23(33)16-29-11-13-30(14-12-29)20-7-3-18(26)4-8-20/h1-8,21H,9-16H2,(H,27,34)(H,28,32)/t21-/m0/s1. The molecular formula is C24H27BrFN5O3. The van der Waals surface area contributed by atoms with E-state index in [1.165, 1.54) is 17.0 Å². The second-order valence-corrected chi connectivity index (χ2v) is 9.31. The van der Waals surface area contributed by atoms with E-state index in [4.69, 9.17) is 0 Å². The first kappa shape index (κ1) is 24.2. The van der Waals surface area contributed by atoms with Gasteiger partial charge in [0.2, 0.25) is 17.7 Å². The minimum absolute atomic E-state index is 0.105. The summed E-state index contributed by atoms with van der Waals surface area (Å²) in [6.07, 6.45) is -0.105. The van der Waals surface area contributed by atoms with E-state index >= 15 is 0 Å². The van der Waals surface area contributed by atoms with Crippen LogP contribution in [0.3, 0.4) is 0 Å². The van der Waals surface area contributed by atoms with Crippen LogP contribution in [-0.4, -0.2) is 79.4 Å². The summed E-state index contributed by atoms with van der Waals surface area (Å²) in [5, 5.41) is 5.54. The predicted molar refractivity (Wildman–Crippen MR) is 131 cm³/mol. The van der Waals surface area contributed by atoms with Crippen molar-refractivity contribution in [2.45, 2.75) is 12.5 Å². The fraction of sp³-hybridized carbons (Fsp3) is 0.375. The fourth-order valence-electron chi connectivity index (χ4n) is 4.24. The summed E-state index contributed by atoms with van der Waals surface area (Å²) in [4.78, 5) is 43.9. The molecule has 2 aromatic carbocycles. The van der Waals surface area contributed by atoms with Crippen LogP contribution in [0, 0.1) is 5.82 Å². The zero-order valence-electron chi connectivity index (χ0n) is 18.7. The van der Waals surface area contributed by atoms with Crippen molar-refractivity contribution in [3.8, 4) is 0 Å². The van der Waals surface area contributed by atoms with Crippen molar-refractivity contribution < 1.29 is 18.8 Å². The van der Waals surface area contributed by atoms with Gasteiger partial charge in [-0.05, 0) is 48.5 Å². The molecule has 2 fully saturated rings. The van der Waals surface area contributed by atoms with Crippen LogP contribution in [0.25, 0.3) is 0 Å². The molecule has 0 aromatic heterocycles. The lowest BCUT2D eigenvalue weighted by Gasteiger charge is -2.39. The third kappa shape index (κ3) is 6.12. The molecule has 0 bridgehead atoms. The summed E-state index contributed by atoms with van der Waals surface area (Å²) in [5.74, 6) is -1.06. The van der Waals surface area contributed by atoms with Crippen molar-refractivity contribution in [2.24, 2.45) is 0 Å². The highest BCUT2D eigenvalue weighted by Crippen LogP contribution is 2.18.